The number of nitrogens with two attached hydrogens (primary N) is 1. The van der Waals surface area contributed by atoms with Crippen LogP contribution in [-0.2, 0) is 13.0 Å². The zero-order valence-corrected chi connectivity index (χ0v) is 11.6. The summed E-state index contributed by atoms with van der Waals surface area (Å²) in [6, 6.07) is 3.26. The summed E-state index contributed by atoms with van der Waals surface area (Å²) in [6.45, 7) is 1.99. The van der Waals surface area contributed by atoms with Crippen molar-refractivity contribution in [2.75, 3.05) is 5.43 Å². The Morgan fingerprint density at radius 1 is 1.45 bits per heavy atom. The first-order valence-corrected chi connectivity index (χ1v) is 6.37. The molecule has 4 N–H and O–H groups in total. The topological polar surface area (TPSA) is 106 Å². The van der Waals surface area contributed by atoms with Crippen molar-refractivity contribution >= 4 is 17.4 Å². The number of anilines is 1. The molecule has 2 aromatic heterocycles. The summed E-state index contributed by atoms with van der Waals surface area (Å²) in [4.78, 5) is 29.7. The van der Waals surface area contributed by atoms with Crippen LogP contribution in [0.2, 0.25) is 5.02 Å². The van der Waals surface area contributed by atoms with Gasteiger partial charge >= 0.3 is 5.69 Å². The van der Waals surface area contributed by atoms with E-state index in [1.54, 1.807) is 12.1 Å². The molecular weight excluding hydrogens is 282 g/mol. The van der Waals surface area contributed by atoms with Crippen LogP contribution in [0.15, 0.2) is 27.9 Å². The van der Waals surface area contributed by atoms with Gasteiger partial charge in [-0.25, -0.2) is 15.6 Å². The van der Waals surface area contributed by atoms with Crippen molar-refractivity contribution in [2.45, 2.75) is 19.9 Å². The maximum absolute atomic E-state index is 11.8. The van der Waals surface area contributed by atoms with Crippen molar-refractivity contribution in [1.29, 1.82) is 0 Å². The Bertz CT molecular complexity index is 737. The largest absolute Gasteiger partial charge is 0.328 e. The average Bonchev–Trinajstić information content (AvgIpc) is 2.44. The van der Waals surface area contributed by atoms with Crippen molar-refractivity contribution < 1.29 is 0 Å². The van der Waals surface area contributed by atoms with Crippen LogP contribution in [-0.4, -0.2) is 14.5 Å². The molecule has 2 aromatic rings. The molecule has 0 aliphatic heterocycles. The summed E-state index contributed by atoms with van der Waals surface area (Å²) in [6.07, 6.45) is 2.04. The molecule has 20 heavy (non-hydrogen) atoms. The fourth-order valence-corrected chi connectivity index (χ4v) is 1.93. The molecule has 0 radical (unpaired) electrons. The van der Waals surface area contributed by atoms with Gasteiger partial charge in [0.1, 0.15) is 5.82 Å². The van der Waals surface area contributed by atoms with Gasteiger partial charge in [0, 0.05) is 11.8 Å². The Kier molecular flexibility index (Phi) is 4.21. The Labute approximate surface area is 119 Å². The average molecular weight is 296 g/mol. The summed E-state index contributed by atoms with van der Waals surface area (Å²) in [5, 5.41) is 0.417. The number of rotatable bonds is 4. The van der Waals surface area contributed by atoms with E-state index in [0.717, 1.165) is 0 Å². The van der Waals surface area contributed by atoms with Gasteiger partial charge in [0.15, 0.2) is 0 Å². The van der Waals surface area contributed by atoms with Crippen LogP contribution >= 0.6 is 11.6 Å². The van der Waals surface area contributed by atoms with Crippen molar-refractivity contribution in [3.05, 3.63) is 55.4 Å². The molecule has 0 aromatic carbocycles. The number of hydrogen-bond donors (Lipinski definition) is 3. The highest BCUT2D eigenvalue weighted by Crippen LogP contribution is 2.16. The van der Waals surface area contributed by atoms with Crippen LogP contribution in [0.1, 0.15) is 18.2 Å². The van der Waals surface area contributed by atoms with Crippen LogP contribution in [0.25, 0.3) is 0 Å². The van der Waals surface area contributed by atoms with Gasteiger partial charge in [-0.15, -0.1) is 0 Å². The lowest BCUT2D eigenvalue weighted by Crippen LogP contribution is -2.32. The van der Waals surface area contributed by atoms with Gasteiger partial charge in [0.05, 0.1) is 17.3 Å². The Morgan fingerprint density at radius 3 is 2.85 bits per heavy atom. The molecule has 0 bridgehead atoms. The van der Waals surface area contributed by atoms with Crippen molar-refractivity contribution in [1.82, 2.24) is 14.5 Å². The number of aromatic nitrogens is 3. The molecule has 0 aliphatic carbocycles. The molecular formula is C12H14ClN5O2. The maximum Gasteiger partial charge on any atom is 0.328 e. The van der Waals surface area contributed by atoms with Gasteiger partial charge in [-0.3, -0.25) is 14.3 Å². The van der Waals surface area contributed by atoms with E-state index < -0.39 is 5.69 Å². The van der Waals surface area contributed by atoms with Gasteiger partial charge in [0.2, 0.25) is 0 Å². The second-order valence-electron chi connectivity index (χ2n) is 4.16. The van der Waals surface area contributed by atoms with Crippen molar-refractivity contribution in [3.63, 3.8) is 0 Å². The van der Waals surface area contributed by atoms with Crippen molar-refractivity contribution in [2.24, 2.45) is 5.84 Å². The predicted octanol–water partition coefficient (Wildman–Crippen LogP) is 0.481. The fraction of sp³-hybridized carbons (Fsp3) is 0.250. The number of nitrogens with zero attached hydrogens (tertiary/aromatic N) is 2. The van der Waals surface area contributed by atoms with Crippen LogP contribution in [0.4, 0.5) is 5.82 Å². The lowest BCUT2D eigenvalue weighted by atomic mass is 10.2. The molecule has 2 rings (SSSR count). The first-order chi connectivity index (χ1) is 9.55. The van der Waals surface area contributed by atoms with Crippen LogP contribution in [0.5, 0.6) is 0 Å². The van der Waals surface area contributed by atoms with Gasteiger partial charge in [-0.1, -0.05) is 18.5 Å². The minimum atomic E-state index is -0.504. The van der Waals surface area contributed by atoms with E-state index in [-0.39, 0.29) is 12.1 Å². The highest BCUT2D eigenvalue weighted by atomic mass is 35.5. The lowest BCUT2D eigenvalue weighted by molar-refractivity contribution is 0.694. The Hall–Kier alpha value is -2.12. The molecule has 106 valence electrons. The van der Waals surface area contributed by atoms with E-state index in [0.29, 0.717) is 28.5 Å². The maximum atomic E-state index is 11.8. The quantitative estimate of drug-likeness (QED) is 0.562. The molecule has 0 saturated carbocycles. The number of H-pyrrole nitrogens is 1. The van der Waals surface area contributed by atoms with E-state index in [1.165, 1.54) is 10.8 Å². The molecule has 0 unspecified atom stereocenters. The van der Waals surface area contributed by atoms with Crippen LogP contribution in [0, 0.1) is 0 Å². The van der Waals surface area contributed by atoms with E-state index in [1.807, 2.05) is 6.92 Å². The second-order valence-corrected chi connectivity index (χ2v) is 4.57. The predicted molar refractivity (Wildman–Crippen MR) is 76.9 cm³/mol. The third-order valence-electron chi connectivity index (χ3n) is 2.85. The summed E-state index contributed by atoms with van der Waals surface area (Å²) >= 11 is 6.04. The normalized spacial score (nSPS) is 10.6. The fourth-order valence-electron chi connectivity index (χ4n) is 1.76. The number of nitrogens with one attached hydrogen (secondary N) is 2. The number of nitrogen functional groups attached to an aromatic ring is 1. The van der Waals surface area contributed by atoms with Crippen LogP contribution in [0.3, 0.4) is 0 Å². The van der Waals surface area contributed by atoms with E-state index >= 15 is 0 Å². The van der Waals surface area contributed by atoms with Gasteiger partial charge in [0.25, 0.3) is 5.56 Å². The second kappa shape index (κ2) is 5.89. The molecule has 0 aliphatic rings. The van der Waals surface area contributed by atoms with Gasteiger partial charge in [-0.2, -0.15) is 0 Å². The molecule has 0 fully saturated rings. The van der Waals surface area contributed by atoms with E-state index in [9.17, 15) is 9.59 Å². The summed E-state index contributed by atoms with van der Waals surface area (Å²) in [5.41, 5.74) is 2.54. The number of halogens is 1. The summed E-state index contributed by atoms with van der Waals surface area (Å²) in [5.74, 6) is 5.73. The van der Waals surface area contributed by atoms with E-state index in [4.69, 9.17) is 17.4 Å². The smallest absolute Gasteiger partial charge is 0.308 e. The number of hydrazine groups is 1. The lowest BCUT2D eigenvalue weighted by Gasteiger charge is -2.09. The Morgan fingerprint density at radius 2 is 2.20 bits per heavy atom. The minimum Gasteiger partial charge on any atom is -0.308 e. The molecule has 0 saturated heterocycles. The van der Waals surface area contributed by atoms with Crippen molar-refractivity contribution in [3.8, 4) is 0 Å². The standard InChI is InChI=1S/C12H14ClN5O2/c1-2-7-5-18(12(20)16-11(7)19)6-9-8(13)3-4-10(15-9)17-14/h3-5H,2,6,14H2,1H3,(H,15,17)(H,16,19,20). The third kappa shape index (κ3) is 2.89. The third-order valence-corrected chi connectivity index (χ3v) is 3.20. The SMILES string of the molecule is CCc1cn(Cc2nc(NN)ccc2Cl)c(=O)[nH]c1=O. The highest BCUT2D eigenvalue weighted by molar-refractivity contribution is 6.31. The zero-order valence-electron chi connectivity index (χ0n) is 10.8. The zero-order chi connectivity index (χ0) is 14.7. The molecule has 2 heterocycles. The molecule has 0 amide bonds. The molecule has 0 atom stereocenters. The first kappa shape index (κ1) is 14.3. The first-order valence-electron chi connectivity index (χ1n) is 5.99. The minimum absolute atomic E-state index is 0.150. The number of aromatic amines is 1. The van der Waals surface area contributed by atoms with Crippen LogP contribution < -0.4 is 22.5 Å². The monoisotopic (exact) mass is 295 g/mol. The molecule has 8 heteroatoms. The summed E-state index contributed by atoms with van der Waals surface area (Å²) in [7, 11) is 0. The number of hydrogen-bond acceptors (Lipinski definition) is 5. The van der Waals surface area contributed by atoms with Gasteiger partial charge < -0.3 is 5.43 Å². The van der Waals surface area contributed by atoms with E-state index in [2.05, 4.69) is 15.4 Å². The summed E-state index contributed by atoms with van der Waals surface area (Å²) < 4.78 is 1.36. The molecule has 0 spiro atoms. The van der Waals surface area contributed by atoms with Gasteiger partial charge in [-0.05, 0) is 18.6 Å². The Balaban J connectivity index is 2.44. The highest BCUT2D eigenvalue weighted by Gasteiger charge is 2.08. The number of aryl methyl sites for hydroxylation is 1. The molecule has 7 nitrogen and oxygen atoms in total. The number of pyridine rings is 1.